The van der Waals surface area contributed by atoms with E-state index in [1.807, 2.05) is 10.7 Å². The van der Waals surface area contributed by atoms with E-state index in [0.29, 0.717) is 68.5 Å². The number of carbonyl (C=O) groups excluding carboxylic acids is 1. The van der Waals surface area contributed by atoms with Crippen molar-refractivity contribution in [3.05, 3.63) is 36.9 Å². The maximum absolute atomic E-state index is 12.8. The molecule has 4 aromatic rings. The Hall–Kier alpha value is -4.11. The first kappa shape index (κ1) is 26.8. The van der Waals surface area contributed by atoms with E-state index < -0.39 is 16.1 Å². The third-order valence-electron chi connectivity index (χ3n) is 8.00. The summed E-state index contributed by atoms with van der Waals surface area (Å²) in [6, 6.07) is 3.72. The summed E-state index contributed by atoms with van der Waals surface area (Å²) >= 11 is 0. The lowest BCUT2D eigenvalue weighted by Gasteiger charge is -2.40. The maximum Gasteiger partial charge on any atom is 0.256 e. The molecule has 0 spiro atoms. The number of fused-ring (bicyclic) bond motifs is 1. The van der Waals surface area contributed by atoms with Crippen LogP contribution in [-0.4, -0.2) is 95.8 Å². The van der Waals surface area contributed by atoms with Crippen molar-refractivity contribution in [2.24, 2.45) is 5.92 Å². The van der Waals surface area contributed by atoms with Crippen LogP contribution in [0.2, 0.25) is 0 Å². The fourth-order valence-electron chi connectivity index (χ4n) is 5.50. The Labute approximate surface area is 242 Å². The highest BCUT2D eigenvalue weighted by molar-refractivity contribution is 7.90. The molecule has 14 nitrogen and oxygen atoms in total. The summed E-state index contributed by atoms with van der Waals surface area (Å²) in [5, 5.41) is 22.5. The monoisotopic (exact) mass is 592 g/mol. The van der Waals surface area contributed by atoms with Crippen molar-refractivity contribution in [3.63, 3.8) is 0 Å². The number of aliphatic hydroxyl groups is 1. The minimum absolute atomic E-state index is 0.0930. The zero-order valence-corrected chi connectivity index (χ0v) is 24.1. The van der Waals surface area contributed by atoms with Gasteiger partial charge in [0.05, 0.1) is 46.1 Å². The van der Waals surface area contributed by atoms with Crippen molar-refractivity contribution < 1.29 is 18.3 Å². The molecular weight excluding hydrogens is 560 g/mol. The molecule has 7 rings (SSSR count). The first-order valence-electron chi connectivity index (χ1n) is 14.2. The number of pyridine rings is 1. The van der Waals surface area contributed by atoms with E-state index in [9.17, 15) is 18.3 Å². The summed E-state index contributed by atoms with van der Waals surface area (Å²) < 4.78 is 28.0. The predicted octanol–water partition coefficient (Wildman–Crippen LogP) is 1.78. The standard InChI is InChI=1S/C27H32N10O4S/c1-16(2)37-22-9-24(29-11-21(22)26(33-37)35-12-18(13-35)27(39)34-8-6-19(38)15-34)31-23-5-7-28-25(32-23)17-10-30-36(14-17)42(40,41)20-3-4-20/h5,7,9-11,14,16,18-20,38H,3-4,6,8,12-13,15H2,1-2H3,(H,28,29,31,32). The maximum atomic E-state index is 12.8. The average Bonchev–Trinajstić information content (AvgIpc) is 3.35. The van der Waals surface area contributed by atoms with Crippen LogP contribution in [0.3, 0.4) is 0 Å². The molecule has 6 heterocycles. The Morgan fingerprint density at radius 3 is 2.62 bits per heavy atom. The number of carbonyl (C=O) groups is 1. The Kier molecular flexibility index (Phi) is 6.38. The van der Waals surface area contributed by atoms with Crippen LogP contribution in [0.1, 0.15) is 39.2 Å². The first-order valence-corrected chi connectivity index (χ1v) is 15.7. The van der Waals surface area contributed by atoms with Gasteiger partial charge in [-0.25, -0.2) is 23.4 Å². The van der Waals surface area contributed by atoms with E-state index >= 15 is 0 Å². The van der Waals surface area contributed by atoms with Gasteiger partial charge in [0.2, 0.25) is 5.91 Å². The third-order valence-corrected chi connectivity index (χ3v) is 10.0. The van der Waals surface area contributed by atoms with Crippen molar-refractivity contribution in [2.75, 3.05) is 36.4 Å². The smallest absolute Gasteiger partial charge is 0.256 e. The molecule has 2 aliphatic heterocycles. The van der Waals surface area contributed by atoms with Crippen molar-refractivity contribution in [3.8, 4) is 11.4 Å². The van der Waals surface area contributed by atoms with Gasteiger partial charge in [-0.05, 0) is 39.2 Å². The number of aliphatic hydroxyl groups excluding tert-OH is 1. The Morgan fingerprint density at radius 1 is 1.10 bits per heavy atom. The number of hydrogen-bond acceptors (Lipinski definition) is 11. The van der Waals surface area contributed by atoms with Gasteiger partial charge in [-0.2, -0.15) is 14.3 Å². The van der Waals surface area contributed by atoms with E-state index in [0.717, 1.165) is 20.8 Å². The zero-order chi connectivity index (χ0) is 29.2. The third kappa shape index (κ3) is 4.75. The number of rotatable bonds is 8. The molecule has 0 bridgehead atoms. The summed E-state index contributed by atoms with van der Waals surface area (Å²) in [7, 11) is -3.47. The van der Waals surface area contributed by atoms with Gasteiger partial charge in [-0.15, -0.1) is 0 Å². The highest BCUT2D eigenvalue weighted by Crippen LogP contribution is 2.35. The van der Waals surface area contributed by atoms with Gasteiger partial charge in [-0.1, -0.05) is 0 Å². The molecule has 0 aromatic carbocycles. The summed E-state index contributed by atoms with van der Waals surface area (Å²) in [5.74, 6) is 2.20. The van der Waals surface area contributed by atoms with E-state index in [2.05, 4.69) is 44.1 Å². The predicted molar refractivity (Wildman–Crippen MR) is 155 cm³/mol. The number of aromatic nitrogens is 7. The molecule has 1 saturated carbocycles. The summed E-state index contributed by atoms with van der Waals surface area (Å²) in [4.78, 5) is 30.2. The SMILES string of the molecule is CC(C)n1nc(N2CC(C(=O)N3CCC(O)C3)C2)c2cnc(Nc3ccnc(-c4cnn(S(=O)(=O)C5CC5)c4)n3)cc21. The molecule has 1 amide bonds. The number of nitrogens with zero attached hydrogens (tertiary/aromatic N) is 9. The van der Waals surface area contributed by atoms with Gasteiger partial charge < -0.3 is 20.2 Å². The molecule has 42 heavy (non-hydrogen) atoms. The molecule has 1 atom stereocenters. The van der Waals surface area contributed by atoms with Gasteiger partial charge in [0.25, 0.3) is 10.0 Å². The largest absolute Gasteiger partial charge is 0.391 e. The highest BCUT2D eigenvalue weighted by atomic mass is 32.2. The van der Waals surface area contributed by atoms with E-state index in [1.165, 1.54) is 12.4 Å². The molecule has 3 aliphatic rings. The lowest BCUT2D eigenvalue weighted by Crippen LogP contribution is -2.54. The van der Waals surface area contributed by atoms with Crippen LogP contribution in [0.4, 0.5) is 17.5 Å². The van der Waals surface area contributed by atoms with Crippen LogP contribution in [0.5, 0.6) is 0 Å². The van der Waals surface area contributed by atoms with Gasteiger partial charge in [0.15, 0.2) is 11.6 Å². The second-order valence-electron chi connectivity index (χ2n) is 11.5. The van der Waals surface area contributed by atoms with Crippen LogP contribution >= 0.6 is 0 Å². The molecule has 220 valence electrons. The Balaban J connectivity index is 1.10. The quantitative estimate of drug-likeness (QED) is 0.306. The fraction of sp³-hybridized carbons (Fsp3) is 0.481. The lowest BCUT2D eigenvalue weighted by molar-refractivity contribution is -0.135. The molecule has 1 aliphatic carbocycles. The van der Waals surface area contributed by atoms with Crippen molar-refractivity contribution >= 4 is 44.3 Å². The first-order chi connectivity index (χ1) is 20.2. The summed E-state index contributed by atoms with van der Waals surface area (Å²) in [5.41, 5.74) is 1.40. The van der Waals surface area contributed by atoms with Crippen LogP contribution in [0.25, 0.3) is 22.3 Å². The molecule has 3 fully saturated rings. The number of anilines is 3. The van der Waals surface area contributed by atoms with E-state index in [4.69, 9.17) is 5.10 Å². The Bertz CT molecular complexity index is 1770. The van der Waals surface area contributed by atoms with Crippen LogP contribution in [0, 0.1) is 5.92 Å². The van der Waals surface area contributed by atoms with Crippen LogP contribution in [0.15, 0.2) is 36.9 Å². The number of hydrogen-bond donors (Lipinski definition) is 2. The minimum atomic E-state index is -3.47. The number of likely N-dealkylation sites (tertiary alicyclic amines) is 1. The molecule has 4 aromatic heterocycles. The van der Waals surface area contributed by atoms with Gasteiger partial charge in [-0.3, -0.25) is 9.48 Å². The van der Waals surface area contributed by atoms with Crippen molar-refractivity contribution in [1.29, 1.82) is 0 Å². The Morgan fingerprint density at radius 2 is 1.90 bits per heavy atom. The molecule has 2 saturated heterocycles. The highest BCUT2D eigenvalue weighted by Gasteiger charge is 2.40. The minimum Gasteiger partial charge on any atom is -0.391 e. The summed E-state index contributed by atoms with van der Waals surface area (Å²) in [6.07, 6.45) is 7.80. The molecule has 15 heteroatoms. The molecule has 1 unspecified atom stereocenters. The summed E-state index contributed by atoms with van der Waals surface area (Å²) in [6.45, 7) is 6.31. The molecule has 0 radical (unpaired) electrons. The fourth-order valence-corrected chi connectivity index (χ4v) is 6.97. The van der Waals surface area contributed by atoms with E-state index in [1.54, 1.807) is 23.4 Å². The van der Waals surface area contributed by atoms with Crippen molar-refractivity contribution in [1.82, 2.24) is 38.8 Å². The van der Waals surface area contributed by atoms with Gasteiger partial charge in [0.1, 0.15) is 11.6 Å². The molecular formula is C27H32N10O4S. The molecule has 2 N–H and O–H groups in total. The van der Waals surface area contributed by atoms with Crippen molar-refractivity contribution in [2.45, 2.75) is 50.5 Å². The topological polar surface area (TPSA) is 164 Å². The number of β-amino-alcohol motifs (C(OH)–C–C–N with tert-alkyl or cyclic N) is 1. The normalized spacial score (nSPS) is 19.6. The number of nitrogens with one attached hydrogen (secondary N) is 1. The lowest BCUT2D eigenvalue weighted by atomic mass is 9.98. The van der Waals surface area contributed by atoms with Gasteiger partial charge in [0, 0.05) is 50.7 Å². The van der Waals surface area contributed by atoms with E-state index in [-0.39, 0.29) is 23.1 Å². The van der Waals surface area contributed by atoms with Crippen LogP contribution < -0.4 is 10.2 Å². The second-order valence-corrected chi connectivity index (χ2v) is 13.6. The zero-order valence-electron chi connectivity index (χ0n) is 23.3. The second kappa shape index (κ2) is 10.0. The van der Waals surface area contributed by atoms with Gasteiger partial charge >= 0.3 is 0 Å². The van der Waals surface area contributed by atoms with Crippen LogP contribution in [-0.2, 0) is 14.8 Å². The average molecular weight is 593 g/mol. The number of amides is 1.